The maximum Gasteiger partial charge on any atom is 0.472 e. The fourth-order valence-corrected chi connectivity index (χ4v) is 11.4. The lowest BCUT2D eigenvalue weighted by molar-refractivity contribution is -0.161. The van der Waals surface area contributed by atoms with Crippen molar-refractivity contribution in [3.63, 3.8) is 0 Å². The van der Waals surface area contributed by atoms with Crippen molar-refractivity contribution in [2.45, 2.75) is 316 Å². The van der Waals surface area contributed by atoms with Crippen molar-refractivity contribution in [3.05, 3.63) is 134 Å². The van der Waals surface area contributed by atoms with Gasteiger partial charge in [0.2, 0.25) is 0 Å². The molecule has 0 saturated heterocycles. The van der Waals surface area contributed by atoms with E-state index in [0.29, 0.717) is 25.7 Å². The van der Waals surface area contributed by atoms with Gasteiger partial charge in [-0.25, -0.2) is 9.13 Å². The van der Waals surface area contributed by atoms with Gasteiger partial charge in [-0.1, -0.05) is 271 Å². The molecule has 5 atom stereocenters. The standard InChI is InChI=1S/C81H136O17P2/c1-5-9-13-17-21-25-29-33-36-37-40-43-46-50-54-58-62-66-79(84)92-71-76(97-80(85)67-63-59-55-51-47-41-32-28-24-20-16-12-8-4)73-95-99(87,88)93-69-75(82)70-94-100(89,90)96-74-77(98-81(86)68-64-60-56-52-48-44-39-35-31-27-23-19-15-11-7-3)72-91-78(83)65-61-57-53-49-45-42-38-34-30-26-22-18-14-10-6-2/h9-10,13-14,16,20-22,25-26,28,32-36,38-39,45,49,57,61,75-77,82H,5-8,11-12,15,17-19,23-24,27,29-31,37,40-44,46-48,50-56,58-60,62-74H2,1-4H3,(H,87,88)(H,89,90)/b13-9-,14-10-,20-16-,25-21-,26-22-,32-28-,36-33-,38-34-,39-35-,49-45-,61-57-. The Hall–Kier alpha value is -4.80. The quantitative estimate of drug-likeness (QED) is 0.0169. The van der Waals surface area contributed by atoms with E-state index < -0.39 is 97.5 Å². The van der Waals surface area contributed by atoms with E-state index in [1.165, 1.54) is 38.5 Å². The Kier molecular flexibility index (Phi) is 69.1. The molecule has 19 heteroatoms. The summed E-state index contributed by atoms with van der Waals surface area (Å²) in [6.07, 6.45) is 80.4. The SMILES string of the molecule is CC/C=C\C/C=C\C/C=C\C/C=C\C/C=C\CC(=O)OCC(COP(=O)(O)OCC(O)COP(=O)(O)OCC(COC(=O)CCCCCCCCC/C=C\C/C=C\C/C=C\CC)OC(=O)CCCCCCC/C=C\C/C=C\CCC)OC(=O)CCCCCCC/C=C\CCCCCCCC. The van der Waals surface area contributed by atoms with E-state index in [1.807, 2.05) is 18.2 Å². The highest BCUT2D eigenvalue weighted by atomic mass is 31.2. The lowest BCUT2D eigenvalue weighted by Gasteiger charge is -2.21. The number of phosphoric ester groups is 2. The third-order valence-corrected chi connectivity index (χ3v) is 17.5. The summed E-state index contributed by atoms with van der Waals surface area (Å²) < 4.78 is 68.3. The Morgan fingerprint density at radius 3 is 0.940 bits per heavy atom. The van der Waals surface area contributed by atoms with Gasteiger partial charge in [0.1, 0.15) is 19.3 Å². The molecule has 0 radical (unpaired) electrons. The van der Waals surface area contributed by atoms with Crippen molar-refractivity contribution in [3.8, 4) is 0 Å². The molecule has 0 rings (SSSR count). The molecule has 0 spiro atoms. The van der Waals surface area contributed by atoms with Crippen LogP contribution in [0.3, 0.4) is 0 Å². The molecule has 5 unspecified atom stereocenters. The molecule has 0 aliphatic carbocycles. The normalized spacial score (nSPS) is 14.7. The number of esters is 4. The van der Waals surface area contributed by atoms with Crippen LogP contribution >= 0.6 is 15.6 Å². The van der Waals surface area contributed by atoms with Gasteiger partial charge < -0.3 is 33.8 Å². The molecule has 0 saturated carbocycles. The lowest BCUT2D eigenvalue weighted by Crippen LogP contribution is -2.30. The zero-order chi connectivity index (χ0) is 73.2. The molecule has 0 aliphatic heterocycles. The molecule has 0 aliphatic rings. The lowest BCUT2D eigenvalue weighted by atomic mass is 10.1. The van der Waals surface area contributed by atoms with E-state index >= 15 is 0 Å². The number of hydrogen-bond donors (Lipinski definition) is 3. The summed E-state index contributed by atoms with van der Waals surface area (Å²) in [5.41, 5.74) is 0. The maximum absolute atomic E-state index is 13.1. The van der Waals surface area contributed by atoms with Gasteiger partial charge in [-0.05, 0) is 135 Å². The molecular weight excluding hydrogens is 1310 g/mol. The second kappa shape index (κ2) is 72.5. The summed E-state index contributed by atoms with van der Waals surface area (Å²) in [5, 5.41) is 10.6. The van der Waals surface area contributed by atoms with Crippen molar-refractivity contribution in [2.24, 2.45) is 0 Å². The molecule has 100 heavy (non-hydrogen) atoms. The van der Waals surface area contributed by atoms with Crippen LogP contribution in [0.25, 0.3) is 0 Å². The van der Waals surface area contributed by atoms with Gasteiger partial charge >= 0.3 is 39.5 Å². The zero-order valence-corrected chi connectivity index (χ0v) is 64.1. The number of aliphatic hydroxyl groups excluding tert-OH is 1. The summed E-state index contributed by atoms with van der Waals surface area (Å²) in [4.78, 5) is 72.8. The third-order valence-electron chi connectivity index (χ3n) is 15.6. The highest BCUT2D eigenvalue weighted by molar-refractivity contribution is 7.47. The van der Waals surface area contributed by atoms with Gasteiger partial charge in [0.25, 0.3) is 0 Å². The predicted molar refractivity (Wildman–Crippen MR) is 408 cm³/mol. The molecule has 572 valence electrons. The second-order valence-electron chi connectivity index (χ2n) is 25.2. The second-order valence-corrected chi connectivity index (χ2v) is 28.1. The van der Waals surface area contributed by atoms with E-state index in [2.05, 4.69) is 137 Å². The van der Waals surface area contributed by atoms with Crippen LogP contribution in [-0.2, 0) is 65.4 Å². The van der Waals surface area contributed by atoms with E-state index in [0.717, 1.165) is 180 Å². The van der Waals surface area contributed by atoms with Gasteiger partial charge in [0, 0.05) is 19.3 Å². The Morgan fingerprint density at radius 2 is 0.580 bits per heavy atom. The van der Waals surface area contributed by atoms with Crippen LogP contribution in [0.4, 0.5) is 0 Å². The first-order valence-electron chi connectivity index (χ1n) is 38.4. The number of carbonyl (C=O) groups is 4. The number of allylic oxidation sites excluding steroid dienone is 21. The van der Waals surface area contributed by atoms with Crippen LogP contribution in [0.5, 0.6) is 0 Å². The summed E-state index contributed by atoms with van der Waals surface area (Å²) in [6, 6.07) is 0. The van der Waals surface area contributed by atoms with Gasteiger partial charge in [-0.2, -0.15) is 0 Å². The van der Waals surface area contributed by atoms with E-state index in [-0.39, 0.29) is 25.7 Å². The molecule has 0 bridgehead atoms. The van der Waals surface area contributed by atoms with Crippen molar-refractivity contribution < 1.29 is 80.2 Å². The number of aliphatic hydroxyl groups is 1. The first-order valence-corrected chi connectivity index (χ1v) is 41.4. The predicted octanol–water partition coefficient (Wildman–Crippen LogP) is 22.1. The molecule has 3 N–H and O–H groups in total. The molecule has 0 aromatic carbocycles. The number of carbonyl (C=O) groups excluding carboxylic acids is 4. The van der Waals surface area contributed by atoms with Gasteiger partial charge in [0.05, 0.1) is 32.8 Å². The average molecular weight is 1440 g/mol. The average Bonchev–Trinajstić information content (AvgIpc) is 0.988. The van der Waals surface area contributed by atoms with Crippen LogP contribution in [-0.4, -0.2) is 96.7 Å². The number of hydrogen-bond acceptors (Lipinski definition) is 15. The minimum atomic E-state index is -5.00. The van der Waals surface area contributed by atoms with Crippen molar-refractivity contribution in [2.75, 3.05) is 39.6 Å². The minimum absolute atomic E-state index is 0.0630. The number of unbranched alkanes of at least 4 members (excludes halogenated alkanes) is 24. The Morgan fingerprint density at radius 1 is 0.300 bits per heavy atom. The van der Waals surface area contributed by atoms with E-state index in [9.17, 15) is 43.2 Å². The molecular formula is C81H136O17P2. The fourth-order valence-electron chi connectivity index (χ4n) is 9.81. The van der Waals surface area contributed by atoms with Gasteiger partial charge in [-0.3, -0.25) is 37.3 Å². The minimum Gasteiger partial charge on any atom is -0.462 e. The van der Waals surface area contributed by atoms with E-state index in [4.69, 9.17) is 37.0 Å². The van der Waals surface area contributed by atoms with Crippen molar-refractivity contribution in [1.29, 1.82) is 0 Å². The van der Waals surface area contributed by atoms with Crippen LogP contribution in [0.2, 0.25) is 0 Å². The molecule has 0 aromatic heterocycles. The summed E-state index contributed by atoms with van der Waals surface area (Å²) in [6.45, 7) is 4.43. The fraction of sp³-hybridized carbons (Fsp3) is 0.679. The topological polar surface area (TPSA) is 237 Å². The Balaban J connectivity index is 5.43. The molecule has 0 aromatic rings. The van der Waals surface area contributed by atoms with Crippen LogP contribution < -0.4 is 0 Å². The molecule has 17 nitrogen and oxygen atoms in total. The monoisotopic (exact) mass is 1440 g/mol. The number of ether oxygens (including phenoxy) is 4. The first kappa shape index (κ1) is 95.2. The van der Waals surface area contributed by atoms with Gasteiger partial charge in [-0.15, -0.1) is 0 Å². The Bertz CT molecular complexity index is 2420. The van der Waals surface area contributed by atoms with Crippen LogP contribution in [0, 0.1) is 0 Å². The molecule has 0 heterocycles. The summed E-state index contributed by atoms with van der Waals surface area (Å²) >= 11 is 0. The third kappa shape index (κ3) is 71.6. The maximum atomic E-state index is 13.1. The van der Waals surface area contributed by atoms with Crippen molar-refractivity contribution in [1.82, 2.24) is 0 Å². The number of rotatable bonds is 71. The van der Waals surface area contributed by atoms with Crippen molar-refractivity contribution >= 4 is 39.5 Å². The molecule has 0 amide bonds. The Labute approximate surface area is 605 Å². The number of phosphoric acid groups is 2. The van der Waals surface area contributed by atoms with E-state index in [1.54, 1.807) is 6.08 Å². The smallest absolute Gasteiger partial charge is 0.462 e. The highest BCUT2D eigenvalue weighted by Crippen LogP contribution is 2.45. The van der Waals surface area contributed by atoms with Crippen LogP contribution in [0.15, 0.2) is 134 Å². The first-order chi connectivity index (χ1) is 48.7. The highest BCUT2D eigenvalue weighted by Gasteiger charge is 2.30. The summed E-state index contributed by atoms with van der Waals surface area (Å²) in [5.74, 6) is -2.36. The zero-order valence-electron chi connectivity index (χ0n) is 62.3. The largest absolute Gasteiger partial charge is 0.472 e. The summed E-state index contributed by atoms with van der Waals surface area (Å²) in [7, 11) is -9.99. The van der Waals surface area contributed by atoms with Gasteiger partial charge in [0.15, 0.2) is 12.2 Å². The van der Waals surface area contributed by atoms with Crippen LogP contribution in [0.1, 0.15) is 297 Å². The molecule has 0 fully saturated rings.